The van der Waals surface area contributed by atoms with Gasteiger partial charge >= 0.3 is 0 Å². The number of carbonyl (C=O) groups is 1. The molecule has 0 spiro atoms. The van der Waals surface area contributed by atoms with E-state index >= 15 is 0 Å². The Hall–Kier alpha value is -2.34. The molecule has 2 rings (SSSR count). The summed E-state index contributed by atoms with van der Waals surface area (Å²) in [5.41, 5.74) is 7.37. The van der Waals surface area contributed by atoms with E-state index in [0.717, 1.165) is 22.3 Å². The fourth-order valence-corrected chi connectivity index (χ4v) is 4.75. The van der Waals surface area contributed by atoms with E-state index in [0.29, 0.717) is 12.1 Å². The lowest BCUT2D eigenvalue weighted by molar-refractivity contribution is -0.121. The SMILES string of the molecule is Cc1cc(C)cc(N(CCCC(=O)N[C@@H](C)c2cc(C)c(C)cc2C)S(C)(=O)=O)c1. The fraction of sp³-hybridized carbons (Fsp3) is 0.458. The Balaban J connectivity index is 2.01. The van der Waals surface area contributed by atoms with Gasteiger partial charge in [-0.15, -0.1) is 0 Å². The molecule has 0 radical (unpaired) electrons. The molecular weight excluding hydrogens is 396 g/mol. The van der Waals surface area contributed by atoms with Gasteiger partial charge in [0.2, 0.25) is 15.9 Å². The first-order valence-corrected chi connectivity index (χ1v) is 12.2. The molecule has 5 nitrogen and oxygen atoms in total. The fourth-order valence-electron chi connectivity index (χ4n) is 3.81. The Morgan fingerprint density at radius 3 is 2.07 bits per heavy atom. The van der Waals surface area contributed by atoms with Gasteiger partial charge in [-0.1, -0.05) is 18.2 Å². The number of nitrogens with one attached hydrogen (secondary N) is 1. The van der Waals surface area contributed by atoms with Crippen LogP contribution in [0.4, 0.5) is 5.69 Å². The summed E-state index contributed by atoms with van der Waals surface area (Å²) < 4.78 is 26.0. The molecule has 0 aromatic heterocycles. The van der Waals surface area contributed by atoms with Gasteiger partial charge in [0.15, 0.2) is 0 Å². The summed E-state index contributed by atoms with van der Waals surface area (Å²) in [6, 6.07) is 9.90. The van der Waals surface area contributed by atoms with Gasteiger partial charge in [0.25, 0.3) is 0 Å². The van der Waals surface area contributed by atoms with Gasteiger partial charge < -0.3 is 5.32 Å². The molecule has 1 amide bonds. The second-order valence-corrected chi connectivity index (χ2v) is 10.3. The van der Waals surface area contributed by atoms with Crippen LogP contribution in [0.2, 0.25) is 0 Å². The van der Waals surface area contributed by atoms with Crippen LogP contribution in [-0.2, 0) is 14.8 Å². The van der Waals surface area contributed by atoms with E-state index in [-0.39, 0.29) is 24.9 Å². The topological polar surface area (TPSA) is 66.5 Å². The average molecular weight is 431 g/mol. The Kier molecular flexibility index (Phi) is 7.70. The molecule has 0 fully saturated rings. The first-order chi connectivity index (χ1) is 13.9. The number of anilines is 1. The summed E-state index contributed by atoms with van der Waals surface area (Å²) in [6.07, 6.45) is 1.92. The van der Waals surface area contributed by atoms with Crippen molar-refractivity contribution in [1.29, 1.82) is 0 Å². The zero-order valence-corrected chi connectivity index (χ0v) is 20.0. The number of carbonyl (C=O) groups excluding carboxylic acids is 1. The van der Waals surface area contributed by atoms with Crippen LogP contribution in [0.3, 0.4) is 0 Å². The predicted molar refractivity (Wildman–Crippen MR) is 125 cm³/mol. The second kappa shape index (κ2) is 9.65. The molecule has 0 unspecified atom stereocenters. The maximum absolute atomic E-state index is 12.5. The van der Waals surface area contributed by atoms with Crippen molar-refractivity contribution in [2.24, 2.45) is 0 Å². The van der Waals surface area contributed by atoms with Crippen molar-refractivity contribution in [2.75, 3.05) is 17.1 Å². The van der Waals surface area contributed by atoms with Crippen LogP contribution in [0.25, 0.3) is 0 Å². The van der Waals surface area contributed by atoms with Gasteiger partial charge in [0.05, 0.1) is 18.0 Å². The molecule has 2 aromatic rings. The molecule has 30 heavy (non-hydrogen) atoms. The second-order valence-electron chi connectivity index (χ2n) is 8.37. The van der Waals surface area contributed by atoms with E-state index in [2.05, 4.69) is 38.2 Å². The first kappa shape index (κ1) is 23.9. The summed E-state index contributed by atoms with van der Waals surface area (Å²) in [6.45, 7) is 12.3. The van der Waals surface area contributed by atoms with Crippen LogP contribution in [0.15, 0.2) is 30.3 Å². The van der Waals surface area contributed by atoms with E-state index in [9.17, 15) is 13.2 Å². The number of hydrogen-bond donors (Lipinski definition) is 1. The predicted octanol–water partition coefficient (Wildman–Crippen LogP) is 4.65. The van der Waals surface area contributed by atoms with E-state index < -0.39 is 10.0 Å². The molecule has 0 saturated heterocycles. The van der Waals surface area contributed by atoms with E-state index in [1.807, 2.05) is 39.0 Å². The standard InChI is InChI=1S/C24H34N2O3S/c1-16-11-17(2)13-22(12-16)26(30(7,28)29)10-8-9-24(27)25-21(6)23-15-19(4)18(3)14-20(23)5/h11-15,21H,8-10H2,1-7H3,(H,25,27)/t21-/m0/s1. The quantitative estimate of drug-likeness (QED) is 0.663. The molecule has 0 aliphatic carbocycles. The number of sulfonamides is 1. The Labute approximate surface area is 181 Å². The Morgan fingerprint density at radius 1 is 0.933 bits per heavy atom. The van der Waals surface area contributed by atoms with Crippen LogP contribution in [-0.4, -0.2) is 27.1 Å². The zero-order valence-electron chi connectivity index (χ0n) is 19.2. The first-order valence-electron chi connectivity index (χ1n) is 10.3. The van der Waals surface area contributed by atoms with Crippen molar-refractivity contribution in [1.82, 2.24) is 5.32 Å². The summed E-state index contributed by atoms with van der Waals surface area (Å²) in [5, 5.41) is 3.05. The summed E-state index contributed by atoms with van der Waals surface area (Å²) in [7, 11) is -3.43. The summed E-state index contributed by atoms with van der Waals surface area (Å²) in [5.74, 6) is -0.0750. The van der Waals surface area contributed by atoms with Crippen LogP contribution < -0.4 is 9.62 Å². The number of benzene rings is 2. The molecule has 1 atom stereocenters. The van der Waals surface area contributed by atoms with Gasteiger partial charge in [-0.05, 0) is 93.5 Å². The minimum atomic E-state index is -3.43. The summed E-state index contributed by atoms with van der Waals surface area (Å²) in [4.78, 5) is 12.5. The lowest BCUT2D eigenvalue weighted by Gasteiger charge is -2.23. The van der Waals surface area contributed by atoms with Crippen LogP contribution >= 0.6 is 0 Å². The molecule has 2 aromatic carbocycles. The Morgan fingerprint density at radius 2 is 1.50 bits per heavy atom. The normalized spacial score (nSPS) is 12.5. The monoisotopic (exact) mass is 430 g/mol. The number of hydrogen-bond acceptors (Lipinski definition) is 3. The van der Waals surface area contributed by atoms with Gasteiger partial charge in [-0.2, -0.15) is 0 Å². The van der Waals surface area contributed by atoms with Crippen LogP contribution in [0.5, 0.6) is 0 Å². The van der Waals surface area contributed by atoms with Crippen molar-refractivity contribution in [3.63, 3.8) is 0 Å². The highest BCUT2D eigenvalue weighted by molar-refractivity contribution is 7.92. The molecule has 6 heteroatoms. The number of rotatable bonds is 8. The van der Waals surface area contributed by atoms with Crippen molar-refractivity contribution < 1.29 is 13.2 Å². The maximum Gasteiger partial charge on any atom is 0.232 e. The molecule has 0 heterocycles. The number of aryl methyl sites for hydroxylation is 5. The Bertz CT molecular complexity index is 1010. The minimum Gasteiger partial charge on any atom is -0.350 e. The largest absolute Gasteiger partial charge is 0.350 e. The van der Waals surface area contributed by atoms with Crippen molar-refractivity contribution in [3.8, 4) is 0 Å². The molecule has 0 bridgehead atoms. The highest BCUT2D eigenvalue weighted by Crippen LogP contribution is 2.23. The lowest BCUT2D eigenvalue weighted by atomic mass is 9.96. The molecule has 0 aliphatic rings. The van der Waals surface area contributed by atoms with Crippen molar-refractivity contribution >= 4 is 21.6 Å². The van der Waals surface area contributed by atoms with E-state index in [1.54, 1.807) is 0 Å². The lowest BCUT2D eigenvalue weighted by Crippen LogP contribution is -2.32. The summed E-state index contributed by atoms with van der Waals surface area (Å²) >= 11 is 0. The van der Waals surface area contributed by atoms with Gasteiger partial charge in [-0.25, -0.2) is 8.42 Å². The minimum absolute atomic E-state index is 0.0750. The van der Waals surface area contributed by atoms with Crippen molar-refractivity contribution in [3.05, 3.63) is 63.7 Å². The van der Waals surface area contributed by atoms with Gasteiger partial charge in [0, 0.05) is 13.0 Å². The maximum atomic E-state index is 12.5. The van der Waals surface area contributed by atoms with E-state index in [4.69, 9.17) is 0 Å². The van der Waals surface area contributed by atoms with Crippen LogP contribution in [0, 0.1) is 34.6 Å². The third-order valence-electron chi connectivity index (χ3n) is 5.39. The van der Waals surface area contributed by atoms with E-state index in [1.165, 1.54) is 21.7 Å². The molecule has 0 saturated carbocycles. The number of amides is 1. The third-order valence-corrected chi connectivity index (χ3v) is 6.58. The van der Waals surface area contributed by atoms with Gasteiger partial charge in [0.1, 0.15) is 0 Å². The third kappa shape index (κ3) is 6.33. The molecule has 164 valence electrons. The average Bonchev–Trinajstić information content (AvgIpc) is 2.59. The highest BCUT2D eigenvalue weighted by Gasteiger charge is 2.19. The molecule has 0 aliphatic heterocycles. The highest BCUT2D eigenvalue weighted by atomic mass is 32.2. The zero-order chi connectivity index (χ0) is 22.6. The van der Waals surface area contributed by atoms with Gasteiger partial charge in [-0.3, -0.25) is 9.10 Å². The smallest absolute Gasteiger partial charge is 0.232 e. The number of nitrogens with zero attached hydrogens (tertiary/aromatic N) is 1. The molecule has 1 N–H and O–H groups in total. The molecular formula is C24H34N2O3S. The van der Waals surface area contributed by atoms with Crippen molar-refractivity contribution in [2.45, 2.75) is 60.4 Å². The van der Waals surface area contributed by atoms with Crippen LogP contribution in [0.1, 0.15) is 59.2 Å².